The summed E-state index contributed by atoms with van der Waals surface area (Å²) in [6.45, 7) is 5.12. The van der Waals surface area contributed by atoms with Crippen LogP contribution in [0.5, 0.6) is 0 Å². The second-order valence-electron chi connectivity index (χ2n) is 8.10. The third kappa shape index (κ3) is 3.26. The molecule has 4 heteroatoms. The summed E-state index contributed by atoms with van der Waals surface area (Å²) in [4.78, 5) is 18.9. The number of hydrogen-bond donors (Lipinski definition) is 0. The Bertz CT molecular complexity index is 880. The number of unbranched alkanes of at least 4 members (excludes halogenated alkanes) is 1. The Morgan fingerprint density at radius 3 is 2.67 bits per heavy atom. The summed E-state index contributed by atoms with van der Waals surface area (Å²) >= 11 is 1.76. The predicted molar refractivity (Wildman–Crippen MR) is 114 cm³/mol. The van der Waals surface area contributed by atoms with Crippen LogP contribution in [0.4, 0.5) is 0 Å². The molecule has 0 bridgehead atoms. The minimum atomic E-state index is 0.00980. The molecular weight excluding hydrogens is 352 g/mol. The number of aromatic nitrogens is 2. The maximum atomic E-state index is 13.7. The summed E-state index contributed by atoms with van der Waals surface area (Å²) in [7, 11) is 0. The maximum absolute atomic E-state index is 13.7. The van der Waals surface area contributed by atoms with Gasteiger partial charge < -0.3 is 0 Å². The fourth-order valence-electron chi connectivity index (χ4n) is 4.88. The first-order valence-corrected chi connectivity index (χ1v) is 11.5. The number of benzene rings is 1. The van der Waals surface area contributed by atoms with Crippen molar-refractivity contribution in [3.63, 3.8) is 0 Å². The van der Waals surface area contributed by atoms with Gasteiger partial charge in [0.2, 0.25) is 0 Å². The standard InChI is InChI=1S/C23H30N2OS/c1-3-5-15-27-22-24-20-18-11-7-6-10-17(18)16-23(12-8-9-13-23)19(20)21(26)25(22)14-4-2/h6-7,10-11H,3-5,8-9,12-16H2,1-2H3. The van der Waals surface area contributed by atoms with Crippen LogP contribution in [0.1, 0.15) is 69.9 Å². The molecule has 0 aliphatic heterocycles. The van der Waals surface area contributed by atoms with Crippen LogP contribution >= 0.6 is 11.8 Å². The quantitative estimate of drug-likeness (QED) is 0.371. The molecule has 144 valence electrons. The van der Waals surface area contributed by atoms with Gasteiger partial charge in [-0.2, -0.15) is 0 Å². The van der Waals surface area contributed by atoms with E-state index >= 15 is 0 Å². The minimum Gasteiger partial charge on any atom is -0.287 e. The molecule has 1 spiro atoms. The lowest BCUT2D eigenvalue weighted by Gasteiger charge is -2.36. The van der Waals surface area contributed by atoms with Crippen LogP contribution < -0.4 is 5.56 Å². The molecule has 1 heterocycles. The van der Waals surface area contributed by atoms with Gasteiger partial charge in [-0.3, -0.25) is 9.36 Å². The molecule has 2 aliphatic rings. The number of rotatable bonds is 6. The molecule has 0 radical (unpaired) electrons. The SMILES string of the molecule is CCCCSc1nc2c(c(=O)n1CCC)C1(CCCC1)Cc1ccccc1-2. The van der Waals surface area contributed by atoms with Gasteiger partial charge in [0, 0.05) is 23.3 Å². The van der Waals surface area contributed by atoms with Crippen molar-refractivity contribution in [2.45, 2.75) is 82.3 Å². The summed E-state index contributed by atoms with van der Waals surface area (Å²) in [5, 5.41) is 0.916. The zero-order valence-electron chi connectivity index (χ0n) is 16.6. The second kappa shape index (κ2) is 7.83. The molecule has 0 atom stereocenters. The van der Waals surface area contributed by atoms with Crippen LogP contribution in [0, 0.1) is 0 Å². The predicted octanol–water partition coefficient (Wildman–Crippen LogP) is 5.58. The van der Waals surface area contributed by atoms with Crippen molar-refractivity contribution >= 4 is 11.8 Å². The van der Waals surface area contributed by atoms with E-state index in [9.17, 15) is 4.79 Å². The fourth-order valence-corrected chi connectivity index (χ4v) is 5.99. The molecule has 1 fully saturated rings. The largest absolute Gasteiger partial charge is 0.287 e. The topological polar surface area (TPSA) is 34.9 Å². The van der Waals surface area contributed by atoms with Gasteiger partial charge in [0.15, 0.2) is 5.16 Å². The first-order chi connectivity index (χ1) is 13.2. The van der Waals surface area contributed by atoms with Crippen molar-refractivity contribution in [3.8, 4) is 11.3 Å². The van der Waals surface area contributed by atoms with Crippen molar-refractivity contribution in [1.82, 2.24) is 9.55 Å². The van der Waals surface area contributed by atoms with E-state index in [-0.39, 0.29) is 11.0 Å². The molecule has 3 nitrogen and oxygen atoms in total. The molecule has 0 N–H and O–H groups in total. The van der Waals surface area contributed by atoms with E-state index in [1.54, 1.807) is 11.8 Å². The third-order valence-corrected chi connectivity index (χ3v) is 7.27. The zero-order valence-corrected chi connectivity index (χ0v) is 17.4. The Labute approximate surface area is 166 Å². The minimum absolute atomic E-state index is 0.00980. The molecule has 27 heavy (non-hydrogen) atoms. The molecule has 1 aromatic carbocycles. The van der Waals surface area contributed by atoms with Gasteiger partial charge in [-0.1, -0.05) is 69.1 Å². The molecule has 2 aliphatic carbocycles. The van der Waals surface area contributed by atoms with Crippen LogP contribution in [-0.2, 0) is 18.4 Å². The second-order valence-corrected chi connectivity index (χ2v) is 9.16. The van der Waals surface area contributed by atoms with E-state index in [0.29, 0.717) is 0 Å². The third-order valence-electron chi connectivity index (χ3n) is 6.20. The van der Waals surface area contributed by atoms with Crippen molar-refractivity contribution in [2.24, 2.45) is 0 Å². The van der Waals surface area contributed by atoms with E-state index in [1.807, 2.05) is 4.57 Å². The number of nitrogens with zero attached hydrogens (tertiary/aromatic N) is 2. The van der Waals surface area contributed by atoms with E-state index in [2.05, 4.69) is 38.1 Å². The van der Waals surface area contributed by atoms with Gasteiger partial charge in [0.25, 0.3) is 5.56 Å². The van der Waals surface area contributed by atoms with Crippen molar-refractivity contribution in [2.75, 3.05) is 5.75 Å². The molecule has 2 aromatic rings. The van der Waals surface area contributed by atoms with Crippen LogP contribution in [0.25, 0.3) is 11.3 Å². The van der Waals surface area contributed by atoms with Crippen LogP contribution in [0.2, 0.25) is 0 Å². The molecule has 1 saturated carbocycles. The molecule has 1 aromatic heterocycles. The molecule has 0 amide bonds. The fraction of sp³-hybridized carbons (Fsp3) is 0.565. The van der Waals surface area contributed by atoms with Gasteiger partial charge in [0.1, 0.15) is 0 Å². The maximum Gasteiger partial charge on any atom is 0.258 e. The highest BCUT2D eigenvalue weighted by molar-refractivity contribution is 7.99. The van der Waals surface area contributed by atoms with Crippen LogP contribution in [-0.4, -0.2) is 15.3 Å². The van der Waals surface area contributed by atoms with Gasteiger partial charge in [0.05, 0.1) is 11.3 Å². The van der Waals surface area contributed by atoms with Crippen LogP contribution in [0.15, 0.2) is 34.2 Å². The summed E-state index contributed by atoms with van der Waals surface area (Å²) in [6, 6.07) is 8.61. The van der Waals surface area contributed by atoms with Gasteiger partial charge in [-0.15, -0.1) is 0 Å². The van der Waals surface area contributed by atoms with E-state index in [1.165, 1.54) is 30.4 Å². The average molecular weight is 383 g/mol. The number of fused-ring (bicyclic) bond motifs is 4. The van der Waals surface area contributed by atoms with E-state index in [0.717, 1.165) is 60.8 Å². The van der Waals surface area contributed by atoms with Gasteiger partial charge in [-0.25, -0.2) is 4.98 Å². The van der Waals surface area contributed by atoms with Crippen molar-refractivity contribution in [1.29, 1.82) is 0 Å². The Kier molecular flexibility index (Phi) is 5.45. The van der Waals surface area contributed by atoms with Crippen molar-refractivity contribution in [3.05, 3.63) is 45.7 Å². The lowest BCUT2D eigenvalue weighted by molar-refractivity contribution is 0.414. The molecule has 4 rings (SSSR count). The van der Waals surface area contributed by atoms with Crippen molar-refractivity contribution < 1.29 is 0 Å². The lowest BCUT2D eigenvalue weighted by Crippen LogP contribution is -2.40. The lowest BCUT2D eigenvalue weighted by atomic mass is 9.68. The Hall–Kier alpha value is -1.55. The zero-order chi connectivity index (χ0) is 18.9. The average Bonchev–Trinajstić information content (AvgIpc) is 3.13. The van der Waals surface area contributed by atoms with Crippen LogP contribution in [0.3, 0.4) is 0 Å². The molecule has 0 saturated heterocycles. The van der Waals surface area contributed by atoms with E-state index in [4.69, 9.17) is 4.98 Å². The number of hydrogen-bond acceptors (Lipinski definition) is 3. The Morgan fingerprint density at radius 2 is 1.93 bits per heavy atom. The van der Waals surface area contributed by atoms with Gasteiger partial charge in [-0.05, 0) is 37.7 Å². The summed E-state index contributed by atoms with van der Waals surface area (Å²) < 4.78 is 1.98. The van der Waals surface area contributed by atoms with E-state index < -0.39 is 0 Å². The van der Waals surface area contributed by atoms with Gasteiger partial charge >= 0.3 is 0 Å². The molecular formula is C23H30N2OS. The monoisotopic (exact) mass is 382 g/mol. The highest BCUT2D eigenvalue weighted by atomic mass is 32.2. The number of thioether (sulfide) groups is 1. The Balaban J connectivity index is 1.93. The summed E-state index contributed by atoms with van der Waals surface area (Å²) in [5.41, 5.74) is 4.80. The highest BCUT2D eigenvalue weighted by Gasteiger charge is 2.44. The smallest absolute Gasteiger partial charge is 0.258 e. The normalized spacial score (nSPS) is 17.1. The first-order valence-electron chi connectivity index (χ1n) is 10.6. The first kappa shape index (κ1) is 18.8. The molecule has 0 unspecified atom stereocenters. The highest BCUT2D eigenvalue weighted by Crippen LogP contribution is 2.49. The Morgan fingerprint density at radius 1 is 1.15 bits per heavy atom. The summed E-state index contributed by atoms with van der Waals surface area (Å²) in [6.07, 6.45) is 8.99. The summed E-state index contributed by atoms with van der Waals surface area (Å²) in [5.74, 6) is 1.03.